The van der Waals surface area contributed by atoms with E-state index in [-0.39, 0.29) is 0 Å². The molecular weight excluding hydrogens is 186 g/mol. The minimum Gasteiger partial charge on any atom is -0.399 e. The molecule has 3 nitrogen and oxygen atoms in total. The molecule has 2 N–H and O–H groups in total. The fourth-order valence-corrected chi connectivity index (χ4v) is 1.62. The van der Waals surface area contributed by atoms with Crippen LogP contribution in [0, 0.1) is 0 Å². The molecule has 0 aliphatic rings. The number of nitrogen functional groups attached to an aromatic ring is 1. The highest BCUT2D eigenvalue weighted by Gasteiger charge is 2.07. The van der Waals surface area contributed by atoms with Gasteiger partial charge in [-0.05, 0) is 24.1 Å². The number of benzene rings is 1. The van der Waals surface area contributed by atoms with Crippen molar-refractivity contribution in [2.45, 2.75) is 19.8 Å². The van der Waals surface area contributed by atoms with Crippen LogP contribution in [0.1, 0.15) is 25.5 Å². The lowest BCUT2D eigenvalue weighted by Gasteiger charge is -2.10. The molecule has 15 heavy (non-hydrogen) atoms. The number of aromatic nitrogens is 2. The van der Waals surface area contributed by atoms with Crippen LogP contribution < -0.4 is 5.73 Å². The lowest BCUT2D eigenvalue weighted by atomic mass is 10.1. The Morgan fingerprint density at radius 1 is 1.33 bits per heavy atom. The molecule has 0 saturated heterocycles. The largest absolute Gasteiger partial charge is 0.399 e. The maximum atomic E-state index is 5.76. The van der Waals surface area contributed by atoms with E-state index in [4.69, 9.17) is 5.73 Å². The van der Waals surface area contributed by atoms with Crippen LogP contribution in [0.15, 0.2) is 36.8 Å². The maximum absolute atomic E-state index is 5.76. The molecule has 78 valence electrons. The van der Waals surface area contributed by atoms with Gasteiger partial charge in [-0.15, -0.1) is 0 Å². The van der Waals surface area contributed by atoms with Crippen LogP contribution in [-0.4, -0.2) is 9.55 Å². The van der Waals surface area contributed by atoms with Gasteiger partial charge in [0.1, 0.15) is 0 Å². The Morgan fingerprint density at radius 2 is 2.13 bits per heavy atom. The fourth-order valence-electron chi connectivity index (χ4n) is 1.62. The van der Waals surface area contributed by atoms with Crippen LogP contribution in [-0.2, 0) is 0 Å². The topological polar surface area (TPSA) is 43.8 Å². The lowest BCUT2D eigenvalue weighted by molar-refractivity contribution is 0.787. The van der Waals surface area contributed by atoms with Gasteiger partial charge in [-0.1, -0.05) is 19.9 Å². The number of anilines is 1. The standard InChI is InChI=1S/C12H15N3/c1-9(2)12-7-14-8-15(12)11-5-3-4-10(13)6-11/h3-9H,13H2,1-2H3. The number of nitrogens with two attached hydrogens (primary N) is 1. The zero-order valence-electron chi connectivity index (χ0n) is 9.01. The van der Waals surface area contributed by atoms with Gasteiger partial charge in [0, 0.05) is 23.3 Å². The van der Waals surface area contributed by atoms with Gasteiger partial charge in [0.2, 0.25) is 0 Å². The van der Waals surface area contributed by atoms with E-state index < -0.39 is 0 Å². The Hall–Kier alpha value is -1.77. The highest BCUT2D eigenvalue weighted by molar-refractivity contribution is 5.48. The molecule has 0 bridgehead atoms. The number of rotatable bonds is 2. The molecule has 0 aliphatic carbocycles. The number of imidazole rings is 1. The Kier molecular flexibility index (Phi) is 2.46. The quantitative estimate of drug-likeness (QED) is 0.759. The van der Waals surface area contributed by atoms with E-state index in [1.807, 2.05) is 36.8 Å². The summed E-state index contributed by atoms with van der Waals surface area (Å²) in [5.41, 5.74) is 8.79. The van der Waals surface area contributed by atoms with Crippen molar-refractivity contribution in [3.63, 3.8) is 0 Å². The molecule has 2 aromatic rings. The highest BCUT2D eigenvalue weighted by atomic mass is 15.1. The predicted octanol–water partition coefficient (Wildman–Crippen LogP) is 2.58. The average molecular weight is 201 g/mol. The summed E-state index contributed by atoms with van der Waals surface area (Å²) in [5.74, 6) is 0.453. The Morgan fingerprint density at radius 3 is 2.80 bits per heavy atom. The average Bonchev–Trinajstić information content (AvgIpc) is 2.65. The summed E-state index contributed by atoms with van der Waals surface area (Å²) in [6.45, 7) is 4.31. The molecule has 0 unspecified atom stereocenters. The van der Waals surface area contributed by atoms with E-state index in [0.29, 0.717) is 5.92 Å². The van der Waals surface area contributed by atoms with Crippen molar-refractivity contribution in [2.24, 2.45) is 0 Å². The molecule has 0 amide bonds. The molecule has 0 spiro atoms. The number of nitrogens with zero attached hydrogens (tertiary/aromatic N) is 2. The van der Waals surface area contributed by atoms with Crippen LogP contribution in [0.25, 0.3) is 5.69 Å². The normalized spacial score (nSPS) is 10.9. The van der Waals surface area contributed by atoms with Gasteiger partial charge >= 0.3 is 0 Å². The van der Waals surface area contributed by atoms with Crippen LogP contribution >= 0.6 is 0 Å². The van der Waals surface area contributed by atoms with Crippen molar-refractivity contribution in [1.82, 2.24) is 9.55 Å². The first kappa shape index (κ1) is 9.77. The SMILES string of the molecule is CC(C)c1cncn1-c1cccc(N)c1. The van der Waals surface area contributed by atoms with Crippen LogP contribution in [0.2, 0.25) is 0 Å². The molecule has 1 aromatic heterocycles. The van der Waals surface area contributed by atoms with Gasteiger partial charge < -0.3 is 10.3 Å². The molecule has 1 heterocycles. The molecule has 1 aromatic carbocycles. The van der Waals surface area contributed by atoms with Crippen molar-refractivity contribution in [2.75, 3.05) is 5.73 Å². The van der Waals surface area contributed by atoms with E-state index in [0.717, 1.165) is 11.4 Å². The lowest BCUT2D eigenvalue weighted by Crippen LogP contribution is -2.00. The first-order chi connectivity index (χ1) is 7.18. The monoisotopic (exact) mass is 201 g/mol. The molecule has 0 saturated carbocycles. The zero-order valence-corrected chi connectivity index (χ0v) is 9.01. The van der Waals surface area contributed by atoms with Crippen molar-refractivity contribution in [1.29, 1.82) is 0 Å². The van der Waals surface area contributed by atoms with Crippen LogP contribution in [0.5, 0.6) is 0 Å². The van der Waals surface area contributed by atoms with Gasteiger partial charge in [-0.25, -0.2) is 4.98 Å². The van der Waals surface area contributed by atoms with Crippen molar-refractivity contribution < 1.29 is 0 Å². The minimum absolute atomic E-state index is 0.453. The van der Waals surface area contributed by atoms with Crippen LogP contribution in [0.4, 0.5) is 5.69 Å². The second-order valence-electron chi connectivity index (χ2n) is 3.94. The molecular formula is C12H15N3. The van der Waals surface area contributed by atoms with Crippen molar-refractivity contribution in [3.05, 3.63) is 42.5 Å². The third kappa shape index (κ3) is 1.86. The van der Waals surface area contributed by atoms with E-state index in [9.17, 15) is 0 Å². The first-order valence-corrected chi connectivity index (χ1v) is 5.06. The Labute approximate surface area is 89.6 Å². The van der Waals surface area contributed by atoms with Gasteiger partial charge in [-0.3, -0.25) is 0 Å². The molecule has 0 aliphatic heterocycles. The summed E-state index contributed by atoms with van der Waals surface area (Å²) in [6, 6.07) is 7.82. The van der Waals surface area contributed by atoms with E-state index in [1.165, 1.54) is 5.69 Å². The number of hydrogen-bond donors (Lipinski definition) is 1. The third-order valence-corrected chi connectivity index (χ3v) is 2.41. The second-order valence-corrected chi connectivity index (χ2v) is 3.94. The fraction of sp³-hybridized carbons (Fsp3) is 0.250. The molecule has 0 fully saturated rings. The summed E-state index contributed by atoms with van der Waals surface area (Å²) in [5, 5.41) is 0. The van der Waals surface area contributed by atoms with Crippen LogP contribution in [0.3, 0.4) is 0 Å². The van der Waals surface area contributed by atoms with E-state index in [2.05, 4.69) is 23.4 Å². The Balaban J connectivity index is 2.49. The maximum Gasteiger partial charge on any atom is 0.0994 e. The summed E-state index contributed by atoms with van der Waals surface area (Å²) in [6.07, 6.45) is 3.72. The summed E-state index contributed by atoms with van der Waals surface area (Å²) >= 11 is 0. The van der Waals surface area contributed by atoms with Gasteiger partial charge in [0.15, 0.2) is 0 Å². The van der Waals surface area contributed by atoms with E-state index in [1.54, 1.807) is 0 Å². The van der Waals surface area contributed by atoms with Gasteiger partial charge in [0.25, 0.3) is 0 Å². The Bertz CT molecular complexity index is 457. The van der Waals surface area contributed by atoms with Crippen molar-refractivity contribution >= 4 is 5.69 Å². The third-order valence-electron chi connectivity index (χ3n) is 2.41. The smallest absolute Gasteiger partial charge is 0.0994 e. The zero-order chi connectivity index (χ0) is 10.8. The first-order valence-electron chi connectivity index (χ1n) is 5.06. The number of hydrogen-bond acceptors (Lipinski definition) is 2. The molecule has 2 rings (SSSR count). The molecule has 0 radical (unpaired) electrons. The van der Waals surface area contributed by atoms with Gasteiger partial charge in [0.05, 0.1) is 6.33 Å². The highest BCUT2D eigenvalue weighted by Crippen LogP contribution is 2.19. The van der Waals surface area contributed by atoms with Gasteiger partial charge in [-0.2, -0.15) is 0 Å². The minimum atomic E-state index is 0.453. The summed E-state index contributed by atoms with van der Waals surface area (Å²) in [4.78, 5) is 4.17. The predicted molar refractivity (Wildman–Crippen MR) is 62.1 cm³/mol. The summed E-state index contributed by atoms with van der Waals surface area (Å²) < 4.78 is 2.07. The molecule has 3 heteroatoms. The second kappa shape index (κ2) is 3.77. The van der Waals surface area contributed by atoms with Crippen molar-refractivity contribution in [3.8, 4) is 5.69 Å². The summed E-state index contributed by atoms with van der Waals surface area (Å²) in [7, 11) is 0. The van der Waals surface area contributed by atoms with E-state index >= 15 is 0 Å². The molecule has 0 atom stereocenters.